The lowest BCUT2D eigenvalue weighted by molar-refractivity contribution is 0.0676. The van der Waals surface area contributed by atoms with Gasteiger partial charge in [-0.2, -0.15) is 0 Å². The maximum absolute atomic E-state index is 13.1. The summed E-state index contributed by atoms with van der Waals surface area (Å²) >= 11 is 8.97. The van der Waals surface area contributed by atoms with E-state index in [1.54, 1.807) is 4.90 Å². The first-order chi connectivity index (χ1) is 11.9. The lowest BCUT2D eigenvalue weighted by atomic mass is 10.2. The summed E-state index contributed by atoms with van der Waals surface area (Å²) in [5.74, 6) is -0.292. The van der Waals surface area contributed by atoms with Crippen molar-refractivity contribution in [2.24, 2.45) is 0 Å². The Morgan fingerprint density at radius 2 is 2.32 bits per heavy atom. The maximum atomic E-state index is 13.1. The largest absolute Gasteiger partial charge is 0.328 e. The topological polar surface area (TPSA) is 80.2 Å². The number of sulfone groups is 1. The molecule has 25 heavy (non-hydrogen) atoms. The van der Waals surface area contributed by atoms with E-state index in [-0.39, 0.29) is 34.2 Å². The lowest BCUT2D eigenvalue weighted by Gasteiger charge is -2.27. The number of nitrogens with zero attached hydrogens (tertiary/aromatic N) is 3. The van der Waals surface area contributed by atoms with Crippen LogP contribution in [0.3, 0.4) is 0 Å². The van der Waals surface area contributed by atoms with E-state index in [1.165, 1.54) is 29.3 Å². The first-order valence-corrected chi connectivity index (χ1v) is 11.8. The molecule has 1 saturated heterocycles. The monoisotopic (exact) mass is 417 g/mol. The van der Waals surface area contributed by atoms with Gasteiger partial charge in [0.15, 0.2) is 20.7 Å². The van der Waals surface area contributed by atoms with Crippen LogP contribution in [0.4, 0.5) is 0 Å². The van der Waals surface area contributed by atoms with Gasteiger partial charge in [-0.25, -0.2) is 18.4 Å². The van der Waals surface area contributed by atoms with Gasteiger partial charge in [-0.15, -0.1) is 11.3 Å². The molecule has 1 fully saturated rings. The molecule has 0 aliphatic carbocycles. The quantitative estimate of drug-likeness (QED) is 0.549. The third kappa shape index (κ3) is 4.33. The molecule has 1 aliphatic rings. The van der Waals surface area contributed by atoms with Crippen molar-refractivity contribution in [3.63, 3.8) is 0 Å². The van der Waals surface area contributed by atoms with Gasteiger partial charge in [-0.05, 0) is 24.1 Å². The molecule has 0 spiro atoms. The Labute approximate surface area is 159 Å². The number of hydrogen-bond acceptors (Lipinski definition) is 7. The summed E-state index contributed by atoms with van der Waals surface area (Å²) in [6, 6.07) is 3.45. The van der Waals surface area contributed by atoms with E-state index in [2.05, 4.69) is 9.97 Å². The number of amides is 1. The average Bonchev–Trinajstić information content (AvgIpc) is 3.21. The lowest BCUT2D eigenvalue weighted by Crippen LogP contribution is -2.41. The minimum Gasteiger partial charge on any atom is -0.328 e. The first kappa shape index (κ1) is 18.6. The van der Waals surface area contributed by atoms with Crippen LogP contribution in [0.2, 0.25) is 5.02 Å². The fraction of sp³-hybridized carbons (Fsp3) is 0.400. The van der Waals surface area contributed by atoms with Gasteiger partial charge in [0.25, 0.3) is 5.91 Å². The fourth-order valence-corrected chi connectivity index (χ4v) is 5.64. The molecule has 1 aliphatic heterocycles. The number of rotatable bonds is 5. The molecule has 1 atom stereocenters. The Kier molecular flexibility index (Phi) is 5.67. The van der Waals surface area contributed by atoms with E-state index < -0.39 is 9.84 Å². The summed E-state index contributed by atoms with van der Waals surface area (Å²) in [7, 11) is -3.12. The minimum absolute atomic E-state index is 0.0256. The molecule has 0 unspecified atom stereocenters. The number of hydrogen-bond donors (Lipinski definition) is 0. The minimum atomic E-state index is -3.12. The van der Waals surface area contributed by atoms with E-state index in [9.17, 15) is 13.2 Å². The molecule has 3 rings (SSSR count). The number of thioether (sulfide) groups is 1. The first-order valence-electron chi connectivity index (χ1n) is 7.50. The highest BCUT2D eigenvalue weighted by Gasteiger charge is 2.36. The number of carbonyl (C=O) groups excluding carboxylic acids is 1. The second-order valence-electron chi connectivity index (χ2n) is 5.62. The van der Waals surface area contributed by atoms with E-state index in [0.29, 0.717) is 18.1 Å². The average molecular weight is 418 g/mol. The highest BCUT2D eigenvalue weighted by atomic mass is 35.5. The highest BCUT2D eigenvalue weighted by molar-refractivity contribution is 7.98. The Morgan fingerprint density at radius 1 is 1.52 bits per heavy atom. The Bertz CT molecular complexity index is 871. The second kappa shape index (κ2) is 7.61. The third-order valence-corrected chi connectivity index (χ3v) is 7.37. The zero-order valence-corrected chi connectivity index (χ0v) is 16.6. The fourth-order valence-electron chi connectivity index (χ4n) is 2.69. The molecule has 10 heteroatoms. The second-order valence-corrected chi connectivity index (χ2v) is 10.1. The highest BCUT2D eigenvalue weighted by Crippen LogP contribution is 2.26. The van der Waals surface area contributed by atoms with Gasteiger partial charge >= 0.3 is 0 Å². The molecule has 1 amide bonds. The van der Waals surface area contributed by atoms with Crippen molar-refractivity contribution in [3.05, 3.63) is 39.3 Å². The van der Waals surface area contributed by atoms with Crippen LogP contribution >= 0.6 is 34.7 Å². The Balaban J connectivity index is 1.94. The molecule has 3 heterocycles. The summed E-state index contributed by atoms with van der Waals surface area (Å²) in [6.07, 6.45) is 3.64. The molecular formula is C15H16ClN3O3S3. The molecule has 134 valence electrons. The van der Waals surface area contributed by atoms with E-state index >= 15 is 0 Å². The van der Waals surface area contributed by atoms with Crippen LogP contribution < -0.4 is 0 Å². The summed E-state index contributed by atoms with van der Waals surface area (Å²) in [5.41, 5.74) is 0.113. The zero-order chi connectivity index (χ0) is 18.0. The van der Waals surface area contributed by atoms with Gasteiger partial charge < -0.3 is 4.90 Å². The van der Waals surface area contributed by atoms with E-state index in [4.69, 9.17) is 11.6 Å². The van der Waals surface area contributed by atoms with Crippen molar-refractivity contribution in [2.75, 3.05) is 17.8 Å². The smallest absolute Gasteiger partial charge is 0.274 e. The maximum Gasteiger partial charge on any atom is 0.274 e. The molecule has 0 N–H and O–H groups in total. The molecular weight excluding hydrogens is 402 g/mol. The number of halogens is 1. The summed E-state index contributed by atoms with van der Waals surface area (Å²) in [5, 5.41) is 2.54. The molecule has 0 radical (unpaired) electrons. The molecule has 6 nitrogen and oxygen atoms in total. The van der Waals surface area contributed by atoms with Gasteiger partial charge in [-0.1, -0.05) is 29.4 Å². The molecule has 2 aromatic heterocycles. The number of thiophene rings is 1. The van der Waals surface area contributed by atoms with Gasteiger partial charge in [-0.3, -0.25) is 4.79 Å². The Morgan fingerprint density at radius 3 is 2.92 bits per heavy atom. The van der Waals surface area contributed by atoms with Crippen LogP contribution in [-0.2, 0) is 16.4 Å². The van der Waals surface area contributed by atoms with Crippen molar-refractivity contribution >= 4 is 50.4 Å². The zero-order valence-electron chi connectivity index (χ0n) is 13.4. The van der Waals surface area contributed by atoms with Gasteiger partial charge in [0.1, 0.15) is 0 Å². The SMILES string of the molecule is CSc1ncc(Cl)c(C(=O)N(Cc2cccs2)[C@@H]2CCS(=O)(=O)C2)n1. The van der Waals surface area contributed by atoms with Gasteiger partial charge in [0, 0.05) is 10.9 Å². The summed E-state index contributed by atoms with van der Waals surface area (Å²) < 4.78 is 23.8. The molecule has 0 saturated carbocycles. The third-order valence-electron chi connectivity index (χ3n) is 3.92. The molecule has 0 aromatic carbocycles. The van der Waals surface area contributed by atoms with Crippen LogP contribution in [0.25, 0.3) is 0 Å². The Hall–Kier alpha value is -1.16. The van der Waals surface area contributed by atoms with E-state index in [0.717, 1.165) is 4.88 Å². The van der Waals surface area contributed by atoms with Crippen molar-refractivity contribution in [3.8, 4) is 0 Å². The van der Waals surface area contributed by atoms with Crippen LogP contribution in [0.1, 0.15) is 21.8 Å². The number of aromatic nitrogens is 2. The van der Waals surface area contributed by atoms with E-state index in [1.807, 2.05) is 23.8 Å². The van der Waals surface area contributed by atoms with Gasteiger partial charge in [0.05, 0.1) is 29.3 Å². The van der Waals surface area contributed by atoms with Crippen molar-refractivity contribution in [2.45, 2.75) is 24.2 Å². The summed E-state index contributed by atoms with van der Waals surface area (Å²) in [4.78, 5) is 23.9. The molecule has 2 aromatic rings. The van der Waals surface area contributed by atoms with Crippen LogP contribution in [-0.4, -0.2) is 53.0 Å². The van der Waals surface area contributed by atoms with Crippen LogP contribution in [0.5, 0.6) is 0 Å². The normalized spacial score (nSPS) is 19.0. The van der Waals surface area contributed by atoms with Crippen LogP contribution in [0.15, 0.2) is 28.9 Å². The predicted molar refractivity (Wildman–Crippen MR) is 100 cm³/mol. The van der Waals surface area contributed by atoms with Crippen LogP contribution in [0, 0.1) is 0 Å². The predicted octanol–water partition coefficient (Wildman–Crippen LogP) is 2.74. The standard InChI is InChI=1S/C15H16ClN3O3S3/c1-23-15-17-7-12(16)13(18-15)14(20)19(8-11-3-2-5-24-11)10-4-6-25(21,22)9-10/h2-3,5,7,10H,4,6,8-9H2,1H3/t10-/m1/s1. The summed E-state index contributed by atoms with van der Waals surface area (Å²) in [6.45, 7) is 0.339. The number of carbonyl (C=O) groups is 1. The van der Waals surface area contributed by atoms with Crippen molar-refractivity contribution in [1.82, 2.24) is 14.9 Å². The van der Waals surface area contributed by atoms with Crippen molar-refractivity contribution in [1.29, 1.82) is 0 Å². The van der Waals surface area contributed by atoms with Crippen molar-refractivity contribution < 1.29 is 13.2 Å². The van der Waals surface area contributed by atoms with Gasteiger partial charge in [0.2, 0.25) is 0 Å². The molecule has 0 bridgehead atoms.